The number of hydrogen-bond donors (Lipinski definition) is 2. The number of nitrogens with zero attached hydrogens (tertiary/aromatic N) is 2. The monoisotopic (exact) mass is 465 g/mol. The first-order chi connectivity index (χ1) is 15.9. The summed E-state index contributed by atoms with van der Waals surface area (Å²) in [6.45, 7) is 1.96. The van der Waals surface area contributed by atoms with E-state index in [9.17, 15) is 9.59 Å². The molecule has 0 saturated heterocycles. The zero-order chi connectivity index (χ0) is 23.4. The van der Waals surface area contributed by atoms with Crippen LogP contribution in [0.1, 0.15) is 48.0 Å². The van der Waals surface area contributed by atoms with Crippen molar-refractivity contribution < 1.29 is 14.3 Å². The van der Waals surface area contributed by atoms with E-state index in [1.165, 1.54) is 11.3 Å². The highest BCUT2D eigenvalue weighted by Gasteiger charge is 2.50. The van der Waals surface area contributed by atoms with Crippen LogP contribution in [-0.2, 0) is 0 Å². The van der Waals surface area contributed by atoms with Gasteiger partial charge in [-0.3, -0.25) is 4.79 Å². The minimum atomic E-state index is -0.627. The van der Waals surface area contributed by atoms with Crippen LogP contribution in [0.15, 0.2) is 53.9 Å². The number of benzene rings is 2. The highest BCUT2D eigenvalue weighted by atomic mass is 32.1. The minimum Gasteiger partial charge on any atom is -0.497 e. The number of rotatable bonds is 5. The van der Waals surface area contributed by atoms with E-state index >= 15 is 0 Å². The molecule has 33 heavy (non-hydrogen) atoms. The molecule has 3 amide bonds. The van der Waals surface area contributed by atoms with Crippen LogP contribution in [0.4, 0.5) is 9.93 Å². The Balaban J connectivity index is 1.74. The molecule has 1 fully saturated rings. The van der Waals surface area contributed by atoms with E-state index < -0.39 is 10.6 Å². The molecule has 1 saturated carbocycles. The summed E-state index contributed by atoms with van der Waals surface area (Å²) in [7, 11) is 1.62. The number of urea groups is 1. The van der Waals surface area contributed by atoms with E-state index in [1.54, 1.807) is 19.2 Å². The second-order valence-corrected chi connectivity index (χ2v) is 9.24. The molecule has 1 unspecified atom stereocenters. The number of nitrogens with two attached hydrogens (primary N) is 1. The molecular weight excluding hydrogens is 436 g/mol. The number of methoxy groups -OCH3 is 1. The van der Waals surface area contributed by atoms with Gasteiger partial charge in [0.2, 0.25) is 0 Å². The molecule has 3 aromatic rings. The van der Waals surface area contributed by atoms with Crippen molar-refractivity contribution in [3.63, 3.8) is 0 Å². The van der Waals surface area contributed by atoms with Gasteiger partial charge in [-0.05, 0) is 56.2 Å². The van der Waals surface area contributed by atoms with Gasteiger partial charge in [-0.25, -0.2) is 4.79 Å². The summed E-state index contributed by atoms with van der Waals surface area (Å²) in [4.78, 5) is 31.2. The molecule has 0 radical (unpaired) electrons. The molecule has 0 bridgehead atoms. The first kappa shape index (κ1) is 22.9. The second kappa shape index (κ2) is 9.72. The Hall–Kier alpha value is -3.23. The molecule has 8 heteroatoms. The zero-order valence-corrected chi connectivity index (χ0v) is 19.7. The summed E-state index contributed by atoms with van der Waals surface area (Å²) in [6, 6.07) is 14.0. The number of amides is 3. The van der Waals surface area contributed by atoms with Gasteiger partial charge >= 0.3 is 11.2 Å². The maximum atomic E-state index is 13.3. The van der Waals surface area contributed by atoms with Gasteiger partial charge in [0.05, 0.1) is 12.8 Å². The van der Waals surface area contributed by atoms with Crippen LogP contribution < -0.4 is 20.5 Å². The number of primary amides is 1. The Bertz CT molecular complexity index is 1120. The summed E-state index contributed by atoms with van der Waals surface area (Å²) in [5, 5.41) is 2.37. The third kappa shape index (κ3) is 4.62. The number of aromatic nitrogens is 1. The van der Waals surface area contributed by atoms with Crippen LogP contribution >= 0.6 is 11.3 Å². The van der Waals surface area contributed by atoms with Gasteiger partial charge in [-0.15, -0.1) is 0 Å². The Morgan fingerprint density at radius 1 is 1.06 bits per heavy atom. The van der Waals surface area contributed by atoms with Gasteiger partial charge in [-0.1, -0.05) is 40.0 Å². The van der Waals surface area contributed by atoms with E-state index in [4.69, 9.17) is 15.5 Å². The lowest BCUT2D eigenvalue weighted by molar-refractivity contribution is 0.0742. The standard InChI is InChI=1S/C25H28N4O3S/c1-17-8-10-19(11-9-17)23(30)28-29(24(26)31,20-6-4-3-5-7-20)25-27-22(16-33-25)18-12-14-21(32-2)15-13-18/h8-16,20H,3-7H2,1-2H3,(H2-,26,28,30,31)/p+1. The third-order valence-corrected chi connectivity index (χ3v) is 7.17. The van der Waals surface area contributed by atoms with E-state index in [1.807, 2.05) is 48.7 Å². The average Bonchev–Trinajstić information content (AvgIpc) is 3.34. The molecule has 4 rings (SSSR count). The number of quaternary nitrogens is 1. The fraction of sp³-hybridized carbons (Fsp3) is 0.320. The van der Waals surface area contributed by atoms with Gasteiger partial charge < -0.3 is 10.5 Å². The van der Waals surface area contributed by atoms with Gasteiger partial charge in [-0.2, -0.15) is 10.4 Å². The predicted octanol–water partition coefficient (Wildman–Crippen LogP) is 5.19. The molecule has 172 valence electrons. The number of hydrogen-bond acceptors (Lipinski definition) is 5. The van der Waals surface area contributed by atoms with E-state index in [0.717, 1.165) is 54.7 Å². The van der Waals surface area contributed by atoms with Gasteiger partial charge in [0.1, 0.15) is 11.8 Å². The van der Waals surface area contributed by atoms with Gasteiger partial charge in [0.25, 0.3) is 5.91 Å². The summed E-state index contributed by atoms with van der Waals surface area (Å²) < 4.78 is 4.77. The fourth-order valence-electron chi connectivity index (χ4n) is 4.34. The molecular formula is C25H29N4O3S+. The lowest BCUT2D eigenvalue weighted by atomic mass is 9.94. The van der Waals surface area contributed by atoms with E-state index in [0.29, 0.717) is 10.7 Å². The van der Waals surface area contributed by atoms with Gasteiger partial charge in [0, 0.05) is 29.3 Å². The molecule has 2 aromatic carbocycles. The number of carbonyl (C=O) groups excluding carboxylic acids is 2. The quantitative estimate of drug-likeness (QED) is 0.400. The normalized spacial score (nSPS) is 16.1. The smallest absolute Gasteiger partial charge is 0.446 e. The van der Waals surface area contributed by atoms with Crippen molar-refractivity contribution in [2.24, 2.45) is 5.73 Å². The third-order valence-electron chi connectivity index (χ3n) is 6.24. The number of ether oxygens (including phenoxy) is 1. The predicted molar refractivity (Wildman–Crippen MR) is 131 cm³/mol. The molecule has 1 atom stereocenters. The van der Waals surface area contributed by atoms with Crippen LogP contribution in [0.5, 0.6) is 5.75 Å². The second-order valence-electron chi connectivity index (χ2n) is 8.40. The number of nitrogens with one attached hydrogen (secondary N) is 1. The molecule has 1 aliphatic rings. The lowest BCUT2D eigenvalue weighted by Gasteiger charge is -2.38. The van der Waals surface area contributed by atoms with Crippen molar-refractivity contribution in [3.05, 3.63) is 65.0 Å². The topological polar surface area (TPSA) is 94.3 Å². The van der Waals surface area contributed by atoms with Crippen LogP contribution in [0.25, 0.3) is 11.3 Å². The first-order valence-corrected chi connectivity index (χ1v) is 12.0. The lowest BCUT2D eigenvalue weighted by Crippen LogP contribution is -2.72. The minimum absolute atomic E-state index is 0.166. The number of aryl methyl sites for hydroxylation is 1. The van der Waals surface area contributed by atoms with Crippen LogP contribution in [0.3, 0.4) is 0 Å². The molecule has 1 aliphatic carbocycles. The van der Waals surface area contributed by atoms with Crippen molar-refractivity contribution in [2.45, 2.75) is 45.1 Å². The maximum Gasteiger partial charge on any atom is 0.446 e. The molecule has 7 nitrogen and oxygen atoms in total. The van der Waals surface area contributed by atoms with Crippen molar-refractivity contribution in [1.82, 2.24) is 15.0 Å². The Morgan fingerprint density at radius 3 is 2.33 bits per heavy atom. The average molecular weight is 466 g/mol. The van der Waals surface area contributed by atoms with Crippen LogP contribution in [0, 0.1) is 6.92 Å². The molecule has 0 spiro atoms. The van der Waals surface area contributed by atoms with Crippen molar-refractivity contribution in [3.8, 4) is 17.0 Å². The largest absolute Gasteiger partial charge is 0.497 e. The molecule has 3 N–H and O–H groups in total. The molecule has 1 aromatic heterocycles. The highest BCUT2D eigenvalue weighted by Crippen LogP contribution is 2.37. The van der Waals surface area contributed by atoms with Crippen LogP contribution in [0.2, 0.25) is 0 Å². The first-order valence-electron chi connectivity index (χ1n) is 11.1. The van der Waals surface area contributed by atoms with Crippen LogP contribution in [-0.4, -0.2) is 30.1 Å². The Morgan fingerprint density at radius 2 is 1.73 bits per heavy atom. The SMILES string of the molecule is COc1ccc(-c2csc([N+](NC(=O)c3ccc(C)cc3)(C(N)=O)C3CCCCC3)n2)cc1. The Labute approximate surface area is 197 Å². The number of carbonyl (C=O) groups is 2. The summed E-state index contributed by atoms with van der Waals surface area (Å²) in [6.07, 6.45) is 4.64. The maximum absolute atomic E-state index is 13.3. The fourth-order valence-corrected chi connectivity index (χ4v) is 5.35. The van der Waals surface area contributed by atoms with E-state index in [2.05, 4.69) is 5.43 Å². The van der Waals surface area contributed by atoms with Crippen molar-refractivity contribution >= 4 is 28.4 Å². The zero-order valence-electron chi connectivity index (χ0n) is 18.9. The number of thiazole rings is 1. The summed E-state index contributed by atoms with van der Waals surface area (Å²) in [5.74, 6) is 0.407. The van der Waals surface area contributed by atoms with E-state index in [-0.39, 0.29) is 11.9 Å². The summed E-state index contributed by atoms with van der Waals surface area (Å²) in [5.41, 5.74) is 12.2. The Kier molecular flexibility index (Phi) is 6.76. The molecule has 0 aliphatic heterocycles. The van der Waals surface area contributed by atoms with Crippen molar-refractivity contribution in [1.29, 1.82) is 0 Å². The summed E-state index contributed by atoms with van der Waals surface area (Å²) >= 11 is 1.34. The van der Waals surface area contributed by atoms with Crippen molar-refractivity contribution in [2.75, 3.05) is 7.11 Å². The van der Waals surface area contributed by atoms with Gasteiger partial charge in [0.15, 0.2) is 0 Å². The highest BCUT2D eigenvalue weighted by molar-refractivity contribution is 7.14. The molecule has 1 heterocycles.